The second-order valence-electron chi connectivity index (χ2n) is 5.27. The fourth-order valence-corrected chi connectivity index (χ4v) is 2.44. The maximum absolute atomic E-state index is 13.7. The Labute approximate surface area is 116 Å². The molecule has 3 nitrogen and oxygen atoms in total. The van der Waals surface area contributed by atoms with Gasteiger partial charge >= 0.3 is 5.97 Å². The first-order valence-corrected chi connectivity index (χ1v) is 6.76. The molecule has 110 valence electrons. The largest absolute Gasteiger partial charge is 0.494 e. The van der Waals surface area contributed by atoms with Crippen molar-refractivity contribution in [3.05, 3.63) is 23.8 Å². The first-order chi connectivity index (χ1) is 9.52. The molecule has 1 saturated carbocycles. The summed E-state index contributed by atoms with van der Waals surface area (Å²) in [6, 6.07) is 2.45. The minimum atomic E-state index is -1.19. The number of ether oxygens (including phenoxy) is 2. The second-order valence-corrected chi connectivity index (χ2v) is 5.27. The van der Waals surface area contributed by atoms with Gasteiger partial charge in [-0.2, -0.15) is 8.78 Å². The Balaban J connectivity index is 2.06. The molecule has 0 spiro atoms. The SMILES string of the molecule is COc1ccc(OC(=O)C2CCC(C)CC2)c(F)c1F. The first kappa shape index (κ1) is 14.8. The fraction of sp³-hybridized carbons (Fsp3) is 0.533. The lowest BCUT2D eigenvalue weighted by atomic mass is 9.83. The highest BCUT2D eigenvalue weighted by Crippen LogP contribution is 2.31. The molecule has 20 heavy (non-hydrogen) atoms. The summed E-state index contributed by atoms with van der Waals surface area (Å²) in [6.45, 7) is 2.14. The van der Waals surface area contributed by atoms with Crippen molar-refractivity contribution in [1.82, 2.24) is 0 Å². The molecule has 1 fully saturated rings. The van der Waals surface area contributed by atoms with Crippen molar-refractivity contribution in [2.24, 2.45) is 11.8 Å². The monoisotopic (exact) mass is 284 g/mol. The normalized spacial score (nSPS) is 22.4. The predicted octanol–water partition coefficient (Wildman–Crippen LogP) is 3.71. The van der Waals surface area contributed by atoms with Crippen LogP contribution in [0.3, 0.4) is 0 Å². The van der Waals surface area contributed by atoms with Crippen molar-refractivity contribution in [1.29, 1.82) is 0 Å². The molecule has 0 aliphatic heterocycles. The van der Waals surface area contributed by atoms with Crippen molar-refractivity contribution in [2.75, 3.05) is 7.11 Å². The number of rotatable bonds is 3. The number of hydrogen-bond donors (Lipinski definition) is 0. The Hall–Kier alpha value is -1.65. The molecule has 1 aromatic rings. The highest BCUT2D eigenvalue weighted by Gasteiger charge is 2.27. The molecule has 0 heterocycles. The van der Waals surface area contributed by atoms with Crippen LogP contribution in [0.25, 0.3) is 0 Å². The van der Waals surface area contributed by atoms with Crippen LogP contribution in [0.5, 0.6) is 11.5 Å². The average Bonchev–Trinajstić information content (AvgIpc) is 2.45. The molecular formula is C15H18F2O3. The highest BCUT2D eigenvalue weighted by atomic mass is 19.2. The van der Waals surface area contributed by atoms with Crippen molar-refractivity contribution in [2.45, 2.75) is 32.6 Å². The minimum absolute atomic E-state index is 0.214. The van der Waals surface area contributed by atoms with Crippen molar-refractivity contribution in [3.63, 3.8) is 0 Å². The molecule has 0 N–H and O–H groups in total. The smallest absolute Gasteiger partial charge is 0.314 e. The van der Waals surface area contributed by atoms with Gasteiger partial charge in [0.15, 0.2) is 11.5 Å². The molecule has 0 unspecified atom stereocenters. The lowest BCUT2D eigenvalue weighted by Gasteiger charge is -2.24. The van der Waals surface area contributed by atoms with Crippen molar-refractivity contribution in [3.8, 4) is 11.5 Å². The van der Waals surface area contributed by atoms with Gasteiger partial charge in [-0.25, -0.2) is 0 Å². The Morgan fingerprint density at radius 3 is 2.25 bits per heavy atom. The van der Waals surface area contributed by atoms with E-state index in [0.717, 1.165) is 25.7 Å². The van der Waals surface area contributed by atoms with E-state index in [4.69, 9.17) is 4.74 Å². The van der Waals surface area contributed by atoms with Crippen molar-refractivity contribution >= 4 is 5.97 Å². The molecule has 1 aliphatic rings. The molecule has 0 aromatic heterocycles. The standard InChI is InChI=1S/C15H18F2O3/c1-9-3-5-10(6-4-9)15(18)20-12-8-7-11(19-2)13(16)14(12)17/h7-10H,3-6H2,1-2H3. The molecule has 5 heteroatoms. The fourth-order valence-electron chi connectivity index (χ4n) is 2.44. The van der Waals surface area contributed by atoms with Crippen LogP contribution in [-0.2, 0) is 4.79 Å². The van der Waals surface area contributed by atoms with Crippen LogP contribution < -0.4 is 9.47 Å². The third-order valence-corrected chi connectivity index (χ3v) is 3.79. The molecular weight excluding hydrogens is 266 g/mol. The zero-order valence-electron chi connectivity index (χ0n) is 11.6. The van der Waals surface area contributed by atoms with E-state index < -0.39 is 17.6 Å². The van der Waals surface area contributed by atoms with E-state index in [1.54, 1.807) is 0 Å². The highest BCUT2D eigenvalue weighted by molar-refractivity contribution is 5.75. The lowest BCUT2D eigenvalue weighted by molar-refractivity contribution is -0.140. The van der Waals surface area contributed by atoms with Gasteiger partial charge in [0, 0.05) is 0 Å². The van der Waals surface area contributed by atoms with Gasteiger partial charge in [0.05, 0.1) is 13.0 Å². The zero-order chi connectivity index (χ0) is 14.7. The van der Waals surface area contributed by atoms with Gasteiger partial charge in [0.1, 0.15) is 0 Å². The summed E-state index contributed by atoms with van der Waals surface area (Å²) in [7, 11) is 1.24. The molecule has 0 atom stereocenters. The van der Waals surface area contributed by atoms with Crippen LogP contribution in [0.1, 0.15) is 32.6 Å². The van der Waals surface area contributed by atoms with Crippen LogP contribution >= 0.6 is 0 Å². The Morgan fingerprint density at radius 2 is 1.65 bits per heavy atom. The van der Waals surface area contributed by atoms with Crippen LogP contribution in [-0.4, -0.2) is 13.1 Å². The third kappa shape index (κ3) is 3.08. The lowest BCUT2D eigenvalue weighted by Crippen LogP contribution is -2.25. The van der Waals surface area contributed by atoms with Crippen LogP contribution in [0.15, 0.2) is 12.1 Å². The quantitative estimate of drug-likeness (QED) is 0.627. The summed E-state index contributed by atoms with van der Waals surface area (Å²) in [5, 5.41) is 0. The van der Waals surface area contributed by atoms with E-state index in [2.05, 4.69) is 11.7 Å². The van der Waals surface area contributed by atoms with Gasteiger partial charge in [0.2, 0.25) is 11.6 Å². The van der Waals surface area contributed by atoms with Crippen LogP contribution in [0, 0.1) is 23.5 Å². The summed E-state index contributed by atoms with van der Waals surface area (Å²) in [6.07, 6.45) is 3.39. The maximum Gasteiger partial charge on any atom is 0.314 e. The summed E-state index contributed by atoms with van der Waals surface area (Å²) in [5.74, 6) is -3.04. The molecule has 0 bridgehead atoms. The predicted molar refractivity (Wildman–Crippen MR) is 69.7 cm³/mol. The van der Waals surface area contributed by atoms with Gasteiger partial charge in [-0.05, 0) is 43.7 Å². The Kier molecular flexibility index (Phi) is 4.57. The Morgan fingerprint density at radius 1 is 1.10 bits per heavy atom. The number of carbonyl (C=O) groups excluding carboxylic acids is 1. The average molecular weight is 284 g/mol. The van der Waals surface area contributed by atoms with Crippen LogP contribution in [0.4, 0.5) is 8.78 Å². The molecule has 1 aromatic carbocycles. The van der Waals surface area contributed by atoms with E-state index in [-0.39, 0.29) is 17.4 Å². The topological polar surface area (TPSA) is 35.5 Å². The summed E-state index contributed by atoms with van der Waals surface area (Å²) in [4.78, 5) is 11.9. The molecule has 1 aliphatic carbocycles. The summed E-state index contributed by atoms with van der Waals surface area (Å²) in [5.41, 5.74) is 0. The number of esters is 1. The number of carbonyl (C=O) groups is 1. The minimum Gasteiger partial charge on any atom is -0.494 e. The Bertz CT molecular complexity index is 494. The van der Waals surface area contributed by atoms with Crippen molar-refractivity contribution < 1.29 is 23.0 Å². The van der Waals surface area contributed by atoms with E-state index >= 15 is 0 Å². The molecule has 0 saturated heterocycles. The van der Waals surface area contributed by atoms with Gasteiger partial charge in [0.25, 0.3) is 0 Å². The van der Waals surface area contributed by atoms with Crippen LogP contribution in [0.2, 0.25) is 0 Å². The van der Waals surface area contributed by atoms with E-state index in [0.29, 0.717) is 5.92 Å². The molecule has 0 amide bonds. The number of halogens is 2. The van der Waals surface area contributed by atoms with Gasteiger partial charge in [-0.1, -0.05) is 6.92 Å². The summed E-state index contributed by atoms with van der Waals surface area (Å²) < 4.78 is 36.9. The number of methoxy groups -OCH3 is 1. The molecule has 0 radical (unpaired) electrons. The number of benzene rings is 1. The van der Waals surface area contributed by atoms with E-state index in [9.17, 15) is 13.6 Å². The number of hydrogen-bond acceptors (Lipinski definition) is 3. The summed E-state index contributed by atoms with van der Waals surface area (Å²) >= 11 is 0. The maximum atomic E-state index is 13.7. The van der Waals surface area contributed by atoms with E-state index in [1.807, 2.05) is 0 Å². The van der Waals surface area contributed by atoms with Gasteiger partial charge in [-0.15, -0.1) is 0 Å². The van der Waals surface area contributed by atoms with E-state index in [1.165, 1.54) is 19.2 Å². The first-order valence-electron chi connectivity index (χ1n) is 6.76. The van der Waals surface area contributed by atoms with Gasteiger partial charge in [-0.3, -0.25) is 4.79 Å². The third-order valence-electron chi connectivity index (χ3n) is 3.79. The second kappa shape index (κ2) is 6.20. The zero-order valence-corrected chi connectivity index (χ0v) is 11.6. The molecule has 2 rings (SSSR count). The van der Waals surface area contributed by atoms with Gasteiger partial charge < -0.3 is 9.47 Å².